The molecule has 30 heavy (non-hydrogen) atoms. The molecule has 0 unspecified atom stereocenters. The lowest BCUT2D eigenvalue weighted by molar-refractivity contribution is 0.953. The zero-order valence-corrected chi connectivity index (χ0v) is 17.3. The van der Waals surface area contributed by atoms with E-state index in [4.69, 9.17) is 15.0 Å². The average molecular weight is 423 g/mol. The van der Waals surface area contributed by atoms with E-state index in [2.05, 4.69) is 23.2 Å². The van der Waals surface area contributed by atoms with Crippen LogP contribution >= 0.6 is 23.5 Å². The van der Waals surface area contributed by atoms with Gasteiger partial charge in [-0.2, -0.15) is 0 Å². The highest BCUT2D eigenvalue weighted by atomic mass is 32.2. The largest absolute Gasteiger partial charge is 0.265 e. The Morgan fingerprint density at radius 2 is 1.20 bits per heavy atom. The van der Waals surface area contributed by atoms with Gasteiger partial charge in [0.25, 0.3) is 0 Å². The third-order valence-corrected chi connectivity index (χ3v) is 7.23. The molecule has 5 aromatic rings. The Bertz CT molecular complexity index is 1400. The molecule has 0 amide bonds. The van der Waals surface area contributed by atoms with E-state index in [0.29, 0.717) is 0 Å². The topological polar surface area (TPSA) is 51.6 Å². The van der Waals surface area contributed by atoms with Crippen molar-refractivity contribution in [3.63, 3.8) is 0 Å². The molecule has 0 radical (unpaired) electrons. The Labute approximate surface area is 181 Å². The van der Waals surface area contributed by atoms with Crippen molar-refractivity contribution in [3.8, 4) is 22.5 Å². The maximum atomic E-state index is 4.88. The molecule has 1 aliphatic rings. The van der Waals surface area contributed by atoms with Crippen LogP contribution in [0, 0.1) is 0 Å². The van der Waals surface area contributed by atoms with Crippen molar-refractivity contribution < 1.29 is 0 Å². The average Bonchev–Trinajstić information content (AvgIpc) is 2.81. The fourth-order valence-electron chi connectivity index (χ4n) is 3.42. The first-order valence-corrected chi connectivity index (χ1v) is 11.1. The maximum absolute atomic E-state index is 4.88. The number of fused-ring (bicyclic) bond motifs is 3. The van der Waals surface area contributed by atoms with Crippen LogP contribution in [-0.4, -0.2) is 19.9 Å². The van der Waals surface area contributed by atoms with Crippen molar-refractivity contribution in [2.75, 3.05) is 0 Å². The molecule has 0 atom stereocenters. The van der Waals surface area contributed by atoms with E-state index >= 15 is 0 Å². The van der Waals surface area contributed by atoms with Gasteiger partial charge in [0.2, 0.25) is 0 Å². The molecule has 142 valence electrons. The lowest BCUT2D eigenvalue weighted by atomic mass is 10.1. The molecule has 1 aliphatic heterocycles. The van der Waals surface area contributed by atoms with Crippen LogP contribution in [-0.2, 0) is 0 Å². The number of benzene rings is 2. The van der Waals surface area contributed by atoms with E-state index < -0.39 is 0 Å². The highest BCUT2D eigenvalue weighted by molar-refractivity contribution is 8.05. The smallest absolute Gasteiger partial charge is 0.134 e. The molecule has 3 aromatic heterocycles. The molecule has 4 nitrogen and oxygen atoms in total. The molecule has 0 bridgehead atoms. The number of rotatable bonds is 2. The van der Waals surface area contributed by atoms with Crippen molar-refractivity contribution in [1.29, 1.82) is 0 Å². The molecule has 2 aromatic carbocycles. The van der Waals surface area contributed by atoms with Crippen molar-refractivity contribution in [3.05, 3.63) is 85.2 Å². The van der Waals surface area contributed by atoms with Crippen LogP contribution in [0.5, 0.6) is 0 Å². The quantitative estimate of drug-likeness (QED) is 0.323. The summed E-state index contributed by atoms with van der Waals surface area (Å²) in [4.78, 5) is 21.0. The highest BCUT2D eigenvalue weighted by Crippen LogP contribution is 2.48. The van der Waals surface area contributed by atoms with Crippen LogP contribution < -0.4 is 0 Å². The molecule has 4 heterocycles. The number of hydrogen-bond acceptors (Lipinski definition) is 6. The SMILES string of the molecule is c1cc(-c2ccncc2)nc(-c2ccc3c(c2)Sc2nc4ccccc4nc2S3)c1. The zero-order valence-electron chi connectivity index (χ0n) is 15.7. The number of hydrogen-bond donors (Lipinski definition) is 0. The Kier molecular flexibility index (Phi) is 4.25. The Balaban J connectivity index is 1.38. The number of para-hydroxylation sites is 2. The van der Waals surface area contributed by atoms with E-state index in [1.54, 1.807) is 35.9 Å². The molecule has 0 saturated heterocycles. The normalized spacial score (nSPS) is 12.4. The highest BCUT2D eigenvalue weighted by Gasteiger charge is 2.21. The Hall–Kier alpha value is -3.22. The van der Waals surface area contributed by atoms with Gasteiger partial charge in [0.05, 0.1) is 22.4 Å². The monoisotopic (exact) mass is 422 g/mol. The van der Waals surface area contributed by atoms with E-state index in [1.807, 2.05) is 54.6 Å². The van der Waals surface area contributed by atoms with Gasteiger partial charge >= 0.3 is 0 Å². The van der Waals surface area contributed by atoms with Crippen LogP contribution in [0.3, 0.4) is 0 Å². The zero-order chi connectivity index (χ0) is 19.9. The summed E-state index contributed by atoms with van der Waals surface area (Å²) < 4.78 is 0. The second-order valence-electron chi connectivity index (χ2n) is 6.83. The second-order valence-corrected chi connectivity index (χ2v) is 8.89. The summed E-state index contributed by atoms with van der Waals surface area (Å²) in [7, 11) is 0. The first kappa shape index (κ1) is 17.6. The minimum Gasteiger partial charge on any atom is -0.265 e. The standard InChI is InChI=1S/C24H14N4S2/c1-2-5-20-19(4-1)27-23-24(28-20)30-22-14-16(8-9-21(22)29-23)18-7-3-6-17(26-18)15-10-12-25-13-11-15/h1-14H. The molecule has 0 fully saturated rings. The number of pyridine rings is 2. The predicted molar refractivity (Wildman–Crippen MR) is 121 cm³/mol. The third-order valence-electron chi connectivity index (χ3n) is 4.89. The summed E-state index contributed by atoms with van der Waals surface area (Å²) in [6.07, 6.45) is 3.58. The number of aromatic nitrogens is 4. The fourth-order valence-corrected chi connectivity index (χ4v) is 5.54. The van der Waals surface area contributed by atoms with Crippen LogP contribution in [0.15, 0.2) is 105 Å². The summed E-state index contributed by atoms with van der Waals surface area (Å²) in [6.45, 7) is 0. The molecule has 6 heteroatoms. The van der Waals surface area contributed by atoms with E-state index in [0.717, 1.165) is 43.6 Å². The van der Waals surface area contributed by atoms with E-state index in [9.17, 15) is 0 Å². The van der Waals surface area contributed by atoms with Gasteiger partial charge in [-0.25, -0.2) is 15.0 Å². The van der Waals surface area contributed by atoms with Crippen LogP contribution in [0.2, 0.25) is 0 Å². The molecular weight excluding hydrogens is 408 g/mol. The summed E-state index contributed by atoms with van der Waals surface area (Å²) in [5, 5.41) is 1.93. The van der Waals surface area contributed by atoms with Gasteiger partial charge in [-0.3, -0.25) is 4.98 Å². The predicted octanol–water partition coefficient (Wildman–Crippen LogP) is 6.37. The van der Waals surface area contributed by atoms with E-state index in [1.165, 1.54) is 9.79 Å². The van der Waals surface area contributed by atoms with E-state index in [-0.39, 0.29) is 0 Å². The van der Waals surface area contributed by atoms with Gasteiger partial charge in [0, 0.05) is 33.3 Å². The third kappa shape index (κ3) is 3.14. The van der Waals surface area contributed by atoms with Crippen molar-refractivity contribution in [2.24, 2.45) is 0 Å². The van der Waals surface area contributed by atoms with Gasteiger partial charge in [-0.05, 0) is 48.5 Å². The molecule has 6 rings (SSSR count). The van der Waals surface area contributed by atoms with Gasteiger partial charge < -0.3 is 0 Å². The molecule has 0 saturated carbocycles. The Morgan fingerprint density at radius 1 is 0.533 bits per heavy atom. The first-order chi connectivity index (χ1) is 14.8. The molecular formula is C24H14N4S2. The minimum atomic E-state index is 0.927. The Morgan fingerprint density at radius 3 is 1.93 bits per heavy atom. The van der Waals surface area contributed by atoms with Crippen LogP contribution in [0.1, 0.15) is 0 Å². The summed E-state index contributed by atoms with van der Waals surface area (Å²) in [6, 6.07) is 24.6. The summed E-state index contributed by atoms with van der Waals surface area (Å²) in [5.74, 6) is 0. The molecule has 0 aliphatic carbocycles. The maximum Gasteiger partial charge on any atom is 0.134 e. The summed E-state index contributed by atoms with van der Waals surface area (Å²) in [5.41, 5.74) is 5.91. The fraction of sp³-hybridized carbons (Fsp3) is 0. The van der Waals surface area contributed by atoms with Crippen LogP contribution in [0.4, 0.5) is 0 Å². The van der Waals surface area contributed by atoms with Crippen molar-refractivity contribution in [1.82, 2.24) is 19.9 Å². The van der Waals surface area contributed by atoms with Gasteiger partial charge in [0.15, 0.2) is 0 Å². The van der Waals surface area contributed by atoms with Crippen molar-refractivity contribution >= 4 is 34.6 Å². The van der Waals surface area contributed by atoms with Gasteiger partial charge in [0.1, 0.15) is 10.1 Å². The van der Waals surface area contributed by atoms with Crippen LogP contribution in [0.25, 0.3) is 33.5 Å². The van der Waals surface area contributed by atoms with Gasteiger partial charge in [-0.1, -0.05) is 47.8 Å². The minimum absolute atomic E-state index is 0.927. The second kappa shape index (κ2) is 7.23. The summed E-state index contributed by atoms with van der Waals surface area (Å²) >= 11 is 3.36. The lowest BCUT2D eigenvalue weighted by Crippen LogP contribution is -1.97. The van der Waals surface area contributed by atoms with Crippen molar-refractivity contribution in [2.45, 2.75) is 19.8 Å². The van der Waals surface area contributed by atoms with Gasteiger partial charge in [-0.15, -0.1) is 0 Å². The molecule has 0 spiro atoms. The number of nitrogens with zero attached hydrogens (tertiary/aromatic N) is 4. The lowest BCUT2D eigenvalue weighted by Gasteiger charge is -2.18. The molecule has 0 N–H and O–H groups in total. The first-order valence-electron chi connectivity index (χ1n) is 9.48.